The third-order valence-corrected chi connectivity index (χ3v) is 3.48. The zero-order valence-corrected chi connectivity index (χ0v) is 14.4. The van der Waals surface area contributed by atoms with Crippen LogP contribution in [0.2, 0.25) is 0 Å². The van der Waals surface area contributed by atoms with Crippen molar-refractivity contribution < 1.29 is 19.7 Å². The molecule has 0 radical (unpaired) electrons. The summed E-state index contributed by atoms with van der Waals surface area (Å²) in [6.45, 7) is 3.48. The molecule has 0 saturated heterocycles. The molecule has 0 aromatic carbocycles. The van der Waals surface area contributed by atoms with E-state index in [0.717, 1.165) is 5.56 Å². The molecule has 0 fully saturated rings. The number of nitrogen functional groups attached to an aromatic ring is 1. The Bertz CT molecular complexity index is 707. The van der Waals surface area contributed by atoms with Crippen molar-refractivity contribution in [3.05, 3.63) is 24.0 Å². The molecular weight excluding hydrogens is 326 g/mol. The highest BCUT2D eigenvalue weighted by atomic mass is 16.5. The van der Waals surface area contributed by atoms with Gasteiger partial charge in [-0.3, -0.25) is 0 Å². The Balaban J connectivity index is 2.39. The summed E-state index contributed by atoms with van der Waals surface area (Å²) in [4.78, 5) is 12.2. The lowest BCUT2D eigenvalue weighted by atomic mass is 10.0. The summed E-state index contributed by atoms with van der Waals surface area (Å²) < 4.78 is 11.1. The number of rotatable bonds is 8. The van der Waals surface area contributed by atoms with Crippen molar-refractivity contribution in [1.82, 2.24) is 15.0 Å². The highest BCUT2D eigenvalue weighted by Gasteiger charge is 2.17. The Morgan fingerprint density at radius 1 is 1.16 bits per heavy atom. The quantitative estimate of drug-likeness (QED) is 0.553. The van der Waals surface area contributed by atoms with Crippen LogP contribution in [0.5, 0.6) is 17.4 Å². The van der Waals surface area contributed by atoms with E-state index in [1.54, 1.807) is 12.3 Å². The van der Waals surface area contributed by atoms with Crippen LogP contribution in [0.25, 0.3) is 0 Å². The van der Waals surface area contributed by atoms with Gasteiger partial charge in [0.05, 0.1) is 32.6 Å². The minimum absolute atomic E-state index is 0.0425. The Hall–Kier alpha value is -2.65. The minimum atomic E-state index is -0.604. The molecule has 0 saturated carbocycles. The average molecular weight is 349 g/mol. The highest BCUT2D eigenvalue weighted by molar-refractivity contribution is 5.54. The fourth-order valence-corrected chi connectivity index (χ4v) is 2.09. The number of nitrogens with two attached hydrogens (primary N) is 1. The lowest BCUT2D eigenvalue weighted by Gasteiger charge is -2.19. The van der Waals surface area contributed by atoms with Crippen molar-refractivity contribution in [3.8, 4) is 17.4 Å². The molecule has 25 heavy (non-hydrogen) atoms. The predicted molar refractivity (Wildman–Crippen MR) is 93.0 cm³/mol. The van der Waals surface area contributed by atoms with Crippen molar-refractivity contribution in [2.24, 2.45) is 0 Å². The fraction of sp³-hybridized carbons (Fsp3) is 0.438. The molecule has 2 aromatic rings. The number of methoxy groups -OCH3 is 1. The standard InChI is InChI=1S/C16H23N5O4/c1-9(2)11-5-18-14(24-3)4-12(11)25-13-6-19-16(17)21-15(13)20-10(7-22)8-23/h4-6,9-10,22-23H,7-8H2,1-3H3,(H3,17,19,20,21). The number of aliphatic hydroxyl groups excluding tert-OH is 2. The molecule has 0 spiro atoms. The van der Waals surface area contributed by atoms with Gasteiger partial charge < -0.3 is 30.7 Å². The van der Waals surface area contributed by atoms with E-state index in [9.17, 15) is 10.2 Å². The molecule has 0 atom stereocenters. The van der Waals surface area contributed by atoms with Gasteiger partial charge in [0.2, 0.25) is 11.8 Å². The van der Waals surface area contributed by atoms with Crippen LogP contribution in [0.3, 0.4) is 0 Å². The lowest BCUT2D eigenvalue weighted by molar-refractivity contribution is 0.203. The Kier molecular flexibility index (Phi) is 6.31. The third kappa shape index (κ3) is 4.68. The smallest absolute Gasteiger partial charge is 0.222 e. The summed E-state index contributed by atoms with van der Waals surface area (Å²) in [5, 5.41) is 21.4. The zero-order valence-electron chi connectivity index (χ0n) is 14.4. The van der Waals surface area contributed by atoms with Gasteiger partial charge in [0.15, 0.2) is 11.6 Å². The first-order valence-electron chi connectivity index (χ1n) is 7.81. The van der Waals surface area contributed by atoms with Crippen LogP contribution in [0, 0.1) is 0 Å². The average Bonchev–Trinajstić information content (AvgIpc) is 2.61. The van der Waals surface area contributed by atoms with Gasteiger partial charge in [-0.15, -0.1) is 0 Å². The van der Waals surface area contributed by atoms with E-state index in [2.05, 4.69) is 20.3 Å². The number of ether oxygens (including phenoxy) is 2. The van der Waals surface area contributed by atoms with Gasteiger partial charge >= 0.3 is 0 Å². The second kappa shape index (κ2) is 8.45. The van der Waals surface area contributed by atoms with Gasteiger partial charge in [0.1, 0.15) is 5.75 Å². The van der Waals surface area contributed by atoms with E-state index in [-0.39, 0.29) is 30.9 Å². The number of anilines is 2. The van der Waals surface area contributed by atoms with E-state index in [4.69, 9.17) is 15.2 Å². The summed E-state index contributed by atoms with van der Waals surface area (Å²) in [5.41, 5.74) is 6.51. The second-order valence-electron chi connectivity index (χ2n) is 5.67. The Morgan fingerprint density at radius 3 is 2.48 bits per heavy atom. The normalized spacial score (nSPS) is 11.0. The molecule has 0 amide bonds. The van der Waals surface area contributed by atoms with E-state index in [0.29, 0.717) is 17.4 Å². The molecule has 9 nitrogen and oxygen atoms in total. The molecule has 0 aliphatic heterocycles. The van der Waals surface area contributed by atoms with Crippen molar-refractivity contribution in [1.29, 1.82) is 0 Å². The van der Waals surface area contributed by atoms with Crippen LogP contribution < -0.4 is 20.5 Å². The molecule has 136 valence electrons. The van der Waals surface area contributed by atoms with E-state index >= 15 is 0 Å². The summed E-state index contributed by atoms with van der Waals surface area (Å²) in [6.07, 6.45) is 3.11. The van der Waals surface area contributed by atoms with Gasteiger partial charge in [-0.1, -0.05) is 13.8 Å². The van der Waals surface area contributed by atoms with E-state index in [1.807, 2.05) is 13.8 Å². The number of aliphatic hydroxyl groups is 2. The van der Waals surface area contributed by atoms with Crippen LogP contribution in [0.1, 0.15) is 25.3 Å². The van der Waals surface area contributed by atoms with Gasteiger partial charge in [0, 0.05) is 17.8 Å². The van der Waals surface area contributed by atoms with Crippen LogP contribution in [-0.2, 0) is 0 Å². The SMILES string of the molecule is COc1cc(Oc2cnc(N)nc2NC(CO)CO)c(C(C)C)cn1. The Morgan fingerprint density at radius 2 is 1.88 bits per heavy atom. The first-order chi connectivity index (χ1) is 12.0. The second-order valence-corrected chi connectivity index (χ2v) is 5.67. The number of aromatic nitrogens is 3. The van der Waals surface area contributed by atoms with Crippen LogP contribution in [0.15, 0.2) is 18.5 Å². The van der Waals surface area contributed by atoms with Crippen molar-refractivity contribution >= 4 is 11.8 Å². The van der Waals surface area contributed by atoms with E-state index in [1.165, 1.54) is 13.3 Å². The third-order valence-electron chi connectivity index (χ3n) is 3.48. The lowest BCUT2D eigenvalue weighted by Crippen LogP contribution is -2.28. The summed E-state index contributed by atoms with van der Waals surface area (Å²) >= 11 is 0. The monoisotopic (exact) mass is 349 g/mol. The molecule has 0 bridgehead atoms. The van der Waals surface area contributed by atoms with Crippen LogP contribution >= 0.6 is 0 Å². The summed E-state index contributed by atoms with van der Waals surface area (Å²) in [6, 6.07) is 1.07. The van der Waals surface area contributed by atoms with Crippen molar-refractivity contribution in [3.63, 3.8) is 0 Å². The largest absolute Gasteiger partial charge is 0.481 e. The molecule has 0 aliphatic rings. The van der Waals surface area contributed by atoms with Gasteiger partial charge in [-0.2, -0.15) is 4.98 Å². The minimum Gasteiger partial charge on any atom is -0.481 e. The number of nitrogens with zero attached hydrogens (tertiary/aromatic N) is 3. The van der Waals surface area contributed by atoms with E-state index < -0.39 is 6.04 Å². The number of hydrogen-bond donors (Lipinski definition) is 4. The molecule has 2 heterocycles. The predicted octanol–water partition coefficient (Wildman–Crippen LogP) is 1.14. The molecule has 5 N–H and O–H groups in total. The number of nitrogens with one attached hydrogen (secondary N) is 1. The number of hydrogen-bond acceptors (Lipinski definition) is 9. The van der Waals surface area contributed by atoms with Crippen molar-refractivity contribution in [2.75, 3.05) is 31.4 Å². The first-order valence-corrected chi connectivity index (χ1v) is 7.81. The maximum atomic E-state index is 9.26. The fourth-order valence-electron chi connectivity index (χ4n) is 2.09. The summed E-state index contributed by atoms with van der Waals surface area (Å²) in [5.74, 6) is 1.74. The Labute approximate surface area is 145 Å². The molecule has 0 unspecified atom stereocenters. The van der Waals surface area contributed by atoms with Gasteiger partial charge in [0.25, 0.3) is 0 Å². The highest BCUT2D eigenvalue weighted by Crippen LogP contribution is 2.35. The molecule has 0 aliphatic carbocycles. The maximum Gasteiger partial charge on any atom is 0.222 e. The van der Waals surface area contributed by atoms with Crippen LogP contribution in [0.4, 0.5) is 11.8 Å². The zero-order chi connectivity index (χ0) is 18.4. The summed E-state index contributed by atoms with van der Waals surface area (Å²) in [7, 11) is 1.52. The molecule has 2 aromatic heterocycles. The van der Waals surface area contributed by atoms with Crippen molar-refractivity contribution in [2.45, 2.75) is 25.8 Å². The topological polar surface area (TPSA) is 136 Å². The maximum absolute atomic E-state index is 9.26. The van der Waals surface area contributed by atoms with Gasteiger partial charge in [-0.05, 0) is 5.92 Å². The first kappa shape index (κ1) is 18.7. The number of pyridine rings is 1. The molecule has 9 heteroatoms. The van der Waals surface area contributed by atoms with Gasteiger partial charge in [-0.25, -0.2) is 9.97 Å². The molecular formula is C16H23N5O4. The molecule has 2 rings (SSSR count). The van der Waals surface area contributed by atoms with Crippen LogP contribution in [-0.4, -0.2) is 51.5 Å².